The molecule has 0 atom stereocenters. The second-order valence-electron chi connectivity index (χ2n) is 3.37. The van der Waals surface area contributed by atoms with Gasteiger partial charge in [-0.3, -0.25) is 5.10 Å². The smallest absolute Gasteiger partial charge is 0.231 e. The largest absolute Gasteiger partial charge is 0.454 e. The fourth-order valence-corrected chi connectivity index (χ4v) is 1.93. The third-order valence-electron chi connectivity index (χ3n) is 2.37. The molecular weight excluding hydrogens is 230 g/mol. The van der Waals surface area contributed by atoms with Gasteiger partial charge in [-0.1, -0.05) is 11.6 Å². The summed E-state index contributed by atoms with van der Waals surface area (Å²) in [6.07, 6.45) is 0. The van der Waals surface area contributed by atoms with Crippen molar-refractivity contribution in [1.82, 2.24) is 10.2 Å². The molecule has 3 rings (SSSR count). The first-order chi connectivity index (χ1) is 7.75. The summed E-state index contributed by atoms with van der Waals surface area (Å²) in [5.41, 5.74) is 7.08. The van der Waals surface area contributed by atoms with Gasteiger partial charge in [0.1, 0.15) is 5.82 Å². The number of aromatic nitrogens is 2. The molecule has 0 aliphatic carbocycles. The van der Waals surface area contributed by atoms with E-state index in [1.165, 1.54) is 0 Å². The molecule has 0 unspecified atom stereocenters. The zero-order valence-electron chi connectivity index (χ0n) is 8.16. The average molecular weight is 238 g/mol. The minimum atomic E-state index is 0.198. The predicted octanol–water partition coefficient (Wildman–Crippen LogP) is 2.04. The number of aromatic amines is 1. The number of nitrogens with zero attached hydrogens (tertiary/aromatic N) is 1. The van der Waals surface area contributed by atoms with Crippen molar-refractivity contribution in [2.24, 2.45) is 0 Å². The zero-order valence-corrected chi connectivity index (χ0v) is 8.91. The van der Waals surface area contributed by atoms with E-state index in [1.54, 1.807) is 12.1 Å². The zero-order chi connectivity index (χ0) is 11.1. The second-order valence-corrected chi connectivity index (χ2v) is 3.75. The van der Waals surface area contributed by atoms with E-state index in [2.05, 4.69) is 10.2 Å². The van der Waals surface area contributed by atoms with Crippen LogP contribution in [-0.2, 0) is 0 Å². The van der Waals surface area contributed by atoms with Gasteiger partial charge in [-0.05, 0) is 12.1 Å². The third-order valence-corrected chi connectivity index (χ3v) is 2.74. The standard InChI is InChI=1S/C10H8ClN3O2/c11-9-5(6-3-8(12)14-13-6)1-2-7-10(9)16-4-15-7/h1-3H,4H2,(H3,12,13,14). The first kappa shape index (κ1) is 9.35. The van der Waals surface area contributed by atoms with Crippen LogP contribution in [0.1, 0.15) is 0 Å². The molecule has 1 aromatic carbocycles. The highest BCUT2D eigenvalue weighted by atomic mass is 35.5. The van der Waals surface area contributed by atoms with Gasteiger partial charge in [0.05, 0.1) is 10.7 Å². The summed E-state index contributed by atoms with van der Waals surface area (Å²) in [6, 6.07) is 5.35. The number of hydrogen-bond acceptors (Lipinski definition) is 4. The highest BCUT2D eigenvalue weighted by Gasteiger charge is 2.20. The SMILES string of the molecule is Nc1cc(-c2ccc3c(c2Cl)OCO3)[nH]n1. The lowest BCUT2D eigenvalue weighted by atomic mass is 10.1. The Labute approximate surface area is 96.1 Å². The highest BCUT2D eigenvalue weighted by molar-refractivity contribution is 6.35. The number of nitrogens with two attached hydrogens (primary N) is 1. The number of rotatable bonds is 1. The van der Waals surface area contributed by atoms with Crippen molar-refractivity contribution in [3.63, 3.8) is 0 Å². The number of hydrogen-bond donors (Lipinski definition) is 2. The normalized spacial score (nSPS) is 13.1. The Bertz CT molecular complexity index is 553. The van der Waals surface area contributed by atoms with Crippen molar-refractivity contribution in [2.45, 2.75) is 0 Å². The summed E-state index contributed by atoms with van der Waals surface area (Å²) in [6.45, 7) is 0.198. The van der Waals surface area contributed by atoms with Crippen LogP contribution in [-0.4, -0.2) is 17.0 Å². The number of ether oxygens (including phenoxy) is 2. The maximum absolute atomic E-state index is 6.20. The van der Waals surface area contributed by atoms with E-state index < -0.39 is 0 Å². The number of H-pyrrole nitrogens is 1. The maximum Gasteiger partial charge on any atom is 0.231 e. The Balaban J connectivity index is 2.15. The molecule has 5 nitrogen and oxygen atoms in total. The molecular formula is C10H8ClN3O2. The van der Waals surface area contributed by atoms with E-state index in [0.717, 1.165) is 11.3 Å². The van der Waals surface area contributed by atoms with Crippen LogP contribution >= 0.6 is 11.6 Å². The van der Waals surface area contributed by atoms with Gasteiger partial charge < -0.3 is 15.2 Å². The lowest BCUT2D eigenvalue weighted by molar-refractivity contribution is 0.174. The van der Waals surface area contributed by atoms with Crippen molar-refractivity contribution in [2.75, 3.05) is 12.5 Å². The molecule has 0 saturated carbocycles. The predicted molar refractivity (Wildman–Crippen MR) is 59.6 cm³/mol. The highest BCUT2D eigenvalue weighted by Crippen LogP contribution is 2.43. The summed E-state index contributed by atoms with van der Waals surface area (Å²) < 4.78 is 10.5. The van der Waals surface area contributed by atoms with Crippen molar-refractivity contribution < 1.29 is 9.47 Å². The van der Waals surface area contributed by atoms with Crippen LogP contribution in [0.25, 0.3) is 11.3 Å². The molecule has 3 N–H and O–H groups in total. The summed E-state index contributed by atoms with van der Waals surface area (Å²) >= 11 is 6.20. The minimum Gasteiger partial charge on any atom is -0.454 e. The van der Waals surface area contributed by atoms with Gasteiger partial charge in [-0.15, -0.1) is 0 Å². The molecule has 1 aliphatic heterocycles. The molecule has 2 aromatic rings. The van der Waals surface area contributed by atoms with E-state index in [1.807, 2.05) is 6.07 Å². The fourth-order valence-electron chi connectivity index (χ4n) is 1.62. The van der Waals surface area contributed by atoms with Crippen molar-refractivity contribution in [3.8, 4) is 22.8 Å². The van der Waals surface area contributed by atoms with Gasteiger partial charge in [-0.2, -0.15) is 5.10 Å². The number of anilines is 1. The molecule has 2 heterocycles. The van der Waals surface area contributed by atoms with E-state index in [9.17, 15) is 0 Å². The van der Waals surface area contributed by atoms with Crippen LogP contribution in [0.2, 0.25) is 5.02 Å². The van der Waals surface area contributed by atoms with Crippen LogP contribution in [0.4, 0.5) is 5.82 Å². The monoisotopic (exact) mass is 237 g/mol. The summed E-state index contributed by atoms with van der Waals surface area (Å²) in [5, 5.41) is 7.15. The van der Waals surface area contributed by atoms with Crippen LogP contribution in [0.15, 0.2) is 18.2 Å². The molecule has 0 fully saturated rings. The molecule has 0 spiro atoms. The lowest BCUT2D eigenvalue weighted by Gasteiger charge is -2.04. The molecule has 6 heteroatoms. The van der Waals surface area contributed by atoms with Gasteiger partial charge in [0.15, 0.2) is 11.5 Å². The topological polar surface area (TPSA) is 73.2 Å². The number of nitrogen functional groups attached to an aromatic ring is 1. The van der Waals surface area contributed by atoms with Gasteiger partial charge in [0.25, 0.3) is 0 Å². The number of nitrogens with one attached hydrogen (secondary N) is 1. The van der Waals surface area contributed by atoms with Crippen molar-refractivity contribution in [1.29, 1.82) is 0 Å². The summed E-state index contributed by atoms with van der Waals surface area (Å²) in [5.74, 6) is 1.64. The van der Waals surface area contributed by atoms with Crippen molar-refractivity contribution in [3.05, 3.63) is 23.2 Å². The molecule has 16 heavy (non-hydrogen) atoms. The van der Waals surface area contributed by atoms with Gasteiger partial charge in [0.2, 0.25) is 6.79 Å². The lowest BCUT2D eigenvalue weighted by Crippen LogP contribution is -1.93. The average Bonchev–Trinajstić information content (AvgIpc) is 2.87. The number of benzene rings is 1. The van der Waals surface area contributed by atoms with Crippen molar-refractivity contribution >= 4 is 17.4 Å². The first-order valence-corrected chi connectivity index (χ1v) is 5.03. The van der Waals surface area contributed by atoms with E-state index >= 15 is 0 Å². The van der Waals surface area contributed by atoms with Crippen LogP contribution in [0, 0.1) is 0 Å². The molecule has 1 aliphatic rings. The third kappa shape index (κ3) is 1.29. The number of halogens is 1. The van der Waals surface area contributed by atoms with Gasteiger partial charge in [0, 0.05) is 11.6 Å². The minimum absolute atomic E-state index is 0.198. The Hall–Kier alpha value is -1.88. The molecule has 0 radical (unpaired) electrons. The summed E-state index contributed by atoms with van der Waals surface area (Å²) in [7, 11) is 0. The Morgan fingerprint density at radius 3 is 3.00 bits per heavy atom. The van der Waals surface area contributed by atoms with Crippen LogP contribution < -0.4 is 15.2 Å². The van der Waals surface area contributed by atoms with Gasteiger partial charge in [-0.25, -0.2) is 0 Å². The maximum atomic E-state index is 6.20. The van der Waals surface area contributed by atoms with Gasteiger partial charge >= 0.3 is 0 Å². The quantitative estimate of drug-likeness (QED) is 0.796. The molecule has 0 bridgehead atoms. The van der Waals surface area contributed by atoms with E-state index in [4.69, 9.17) is 26.8 Å². The fraction of sp³-hybridized carbons (Fsp3) is 0.100. The summed E-state index contributed by atoms with van der Waals surface area (Å²) in [4.78, 5) is 0. The molecule has 0 saturated heterocycles. The Morgan fingerprint density at radius 2 is 2.25 bits per heavy atom. The Morgan fingerprint density at radius 1 is 1.38 bits per heavy atom. The first-order valence-electron chi connectivity index (χ1n) is 4.65. The molecule has 82 valence electrons. The van der Waals surface area contributed by atoms with E-state index in [-0.39, 0.29) is 6.79 Å². The molecule has 1 aromatic heterocycles. The second kappa shape index (κ2) is 3.31. The van der Waals surface area contributed by atoms with E-state index in [0.29, 0.717) is 22.3 Å². The number of fused-ring (bicyclic) bond motifs is 1. The van der Waals surface area contributed by atoms with Crippen LogP contribution in [0.3, 0.4) is 0 Å². The Kier molecular flexibility index (Phi) is 1.94. The van der Waals surface area contributed by atoms with Crippen LogP contribution in [0.5, 0.6) is 11.5 Å². The molecule has 0 amide bonds.